The van der Waals surface area contributed by atoms with Gasteiger partial charge >= 0.3 is 11.7 Å². The van der Waals surface area contributed by atoms with Crippen molar-refractivity contribution in [2.24, 2.45) is 7.05 Å². The first-order chi connectivity index (χ1) is 8.58. The molecule has 0 N–H and O–H groups in total. The predicted octanol–water partition coefficient (Wildman–Crippen LogP) is 0.709. The largest absolute Gasteiger partial charge is 0.354 e. The molecule has 1 aromatic carbocycles. The maximum atomic E-state index is 12.8. The summed E-state index contributed by atoms with van der Waals surface area (Å²) in [6.45, 7) is 0.209. The summed E-state index contributed by atoms with van der Waals surface area (Å²) in [5.74, 6) is 0.0101. The monoisotopic (exact) mass is 248 g/mol. The van der Waals surface area contributed by atoms with E-state index in [1.165, 1.54) is 36.2 Å². The summed E-state index contributed by atoms with van der Waals surface area (Å²) in [5, 5.41) is 3.97. The van der Waals surface area contributed by atoms with E-state index < -0.39 is 11.7 Å². The summed E-state index contributed by atoms with van der Waals surface area (Å²) in [4.78, 5) is 25.1. The molecule has 2 aromatic rings. The van der Waals surface area contributed by atoms with Crippen molar-refractivity contribution in [3.8, 4) is 0 Å². The molecule has 92 valence electrons. The van der Waals surface area contributed by atoms with Gasteiger partial charge in [-0.15, -0.1) is 0 Å². The minimum Gasteiger partial charge on any atom is -0.286 e. The van der Waals surface area contributed by atoms with E-state index in [0.29, 0.717) is 11.5 Å². The molecule has 1 aliphatic rings. The molecule has 0 saturated heterocycles. The Kier molecular flexibility index (Phi) is 2.09. The van der Waals surface area contributed by atoms with Crippen molar-refractivity contribution in [2.75, 3.05) is 4.90 Å². The summed E-state index contributed by atoms with van der Waals surface area (Å²) in [5.41, 5.74) is 0.0635. The van der Waals surface area contributed by atoms with E-state index in [9.17, 15) is 14.0 Å². The molecule has 0 radical (unpaired) electrons. The lowest BCUT2D eigenvalue weighted by molar-refractivity contribution is 0.250. The molecule has 0 saturated carbocycles. The number of nitrogens with zero attached hydrogens (tertiary/aromatic N) is 4. The van der Waals surface area contributed by atoms with Crippen molar-refractivity contribution in [3.63, 3.8) is 0 Å². The fourth-order valence-electron chi connectivity index (χ4n) is 1.96. The van der Waals surface area contributed by atoms with Crippen molar-refractivity contribution >= 4 is 11.7 Å². The predicted molar refractivity (Wildman–Crippen MR) is 60.8 cm³/mol. The third-order valence-electron chi connectivity index (χ3n) is 2.85. The fourth-order valence-corrected chi connectivity index (χ4v) is 1.96. The van der Waals surface area contributed by atoms with Crippen LogP contribution in [-0.2, 0) is 13.6 Å². The van der Waals surface area contributed by atoms with Gasteiger partial charge in [-0.3, -0.25) is 4.90 Å². The van der Waals surface area contributed by atoms with E-state index in [4.69, 9.17) is 0 Å². The van der Waals surface area contributed by atoms with Gasteiger partial charge in [-0.05, 0) is 24.3 Å². The lowest BCUT2D eigenvalue weighted by Gasteiger charge is -2.14. The van der Waals surface area contributed by atoms with Gasteiger partial charge in [-0.25, -0.2) is 18.7 Å². The molecule has 0 aliphatic carbocycles. The topological polar surface area (TPSA) is 60.1 Å². The van der Waals surface area contributed by atoms with Gasteiger partial charge < -0.3 is 0 Å². The quantitative estimate of drug-likeness (QED) is 0.746. The van der Waals surface area contributed by atoms with E-state index in [0.717, 1.165) is 9.25 Å². The molecule has 1 aliphatic heterocycles. The van der Waals surface area contributed by atoms with Crippen molar-refractivity contribution in [3.05, 3.63) is 46.4 Å². The zero-order valence-corrected chi connectivity index (χ0v) is 9.50. The van der Waals surface area contributed by atoms with Gasteiger partial charge in [0.25, 0.3) is 0 Å². The van der Waals surface area contributed by atoms with Crippen molar-refractivity contribution in [1.82, 2.24) is 14.3 Å². The third kappa shape index (κ3) is 1.37. The normalized spacial score (nSPS) is 14.1. The van der Waals surface area contributed by atoms with Crippen LogP contribution in [0.4, 0.5) is 14.9 Å². The first-order valence-electron chi connectivity index (χ1n) is 5.30. The molecular formula is C11H9FN4O2. The van der Waals surface area contributed by atoms with Crippen molar-refractivity contribution < 1.29 is 9.18 Å². The Bertz CT molecular complexity index is 686. The molecule has 0 atom stereocenters. The van der Waals surface area contributed by atoms with E-state index in [2.05, 4.69) is 5.10 Å². The highest BCUT2D eigenvalue weighted by Crippen LogP contribution is 2.22. The molecule has 1 amide bonds. The molecule has 0 spiro atoms. The molecule has 0 unspecified atom stereocenters. The minimum atomic E-state index is -0.473. The van der Waals surface area contributed by atoms with Crippen LogP contribution in [0.1, 0.15) is 5.82 Å². The van der Waals surface area contributed by atoms with Gasteiger partial charge in [-0.1, -0.05) is 0 Å². The highest BCUT2D eigenvalue weighted by atomic mass is 19.1. The summed E-state index contributed by atoms with van der Waals surface area (Å²) in [6, 6.07) is 5.05. The van der Waals surface area contributed by atoms with Crippen LogP contribution in [0.25, 0.3) is 0 Å². The van der Waals surface area contributed by atoms with Crippen LogP contribution in [-0.4, -0.2) is 20.4 Å². The Hall–Kier alpha value is -2.44. The fraction of sp³-hybridized carbons (Fsp3) is 0.182. The average Bonchev–Trinajstić information content (AvgIpc) is 2.80. The smallest absolute Gasteiger partial charge is 0.286 e. The van der Waals surface area contributed by atoms with Crippen molar-refractivity contribution in [2.45, 2.75) is 6.54 Å². The molecular weight excluding hydrogens is 239 g/mol. The SMILES string of the molecule is Cn1nc2n(c1=O)C(=O)N(c1ccc(F)cc1)C2. The minimum absolute atomic E-state index is 0.209. The molecule has 1 aromatic heterocycles. The summed E-state index contributed by atoms with van der Waals surface area (Å²) < 4.78 is 15.0. The van der Waals surface area contributed by atoms with E-state index in [-0.39, 0.29) is 12.4 Å². The molecule has 18 heavy (non-hydrogen) atoms. The maximum absolute atomic E-state index is 12.8. The molecule has 2 heterocycles. The first-order valence-corrected chi connectivity index (χ1v) is 5.30. The number of rotatable bonds is 1. The Balaban J connectivity index is 2.03. The van der Waals surface area contributed by atoms with Gasteiger partial charge in [-0.2, -0.15) is 9.67 Å². The number of aromatic nitrogens is 3. The Morgan fingerprint density at radius 3 is 2.50 bits per heavy atom. The number of hydrogen-bond acceptors (Lipinski definition) is 3. The summed E-state index contributed by atoms with van der Waals surface area (Å²) in [6.07, 6.45) is 0. The zero-order valence-electron chi connectivity index (χ0n) is 9.50. The second-order valence-electron chi connectivity index (χ2n) is 4.00. The van der Waals surface area contributed by atoms with Crippen molar-refractivity contribution in [1.29, 1.82) is 0 Å². The van der Waals surface area contributed by atoms with E-state index in [1.54, 1.807) is 0 Å². The van der Waals surface area contributed by atoms with Crippen LogP contribution in [0.15, 0.2) is 29.1 Å². The Morgan fingerprint density at radius 1 is 1.22 bits per heavy atom. The Morgan fingerprint density at radius 2 is 1.89 bits per heavy atom. The van der Waals surface area contributed by atoms with Gasteiger partial charge in [0.15, 0.2) is 5.82 Å². The van der Waals surface area contributed by atoms with Crippen LogP contribution in [0.5, 0.6) is 0 Å². The number of carbonyl (C=O) groups excluding carboxylic acids is 1. The maximum Gasteiger partial charge on any atom is 0.354 e. The van der Waals surface area contributed by atoms with Gasteiger partial charge in [0.2, 0.25) is 0 Å². The third-order valence-corrected chi connectivity index (χ3v) is 2.85. The molecule has 7 heteroatoms. The van der Waals surface area contributed by atoms with Gasteiger partial charge in [0.1, 0.15) is 5.82 Å². The zero-order chi connectivity index (χ0) is 12.9. The van der Waals surface area contributed by atoms with Crippen LogP contribution in [0.2, 0.25) is 0 Å². The number of aryl methyl sites for hydroxylation is 1. The number of amides is 1. The highest BCUT2D eigenvalue weighted by Gasteiger charge is 2.32. The average molecular weight is 248 g/mol. The lowest BCUT2D eigenvalue weighted by atomic mass is 10.3. The lowest BCUT2D eigenvalue weighted by Crippen LogP contribution is -2.33. The number of benzene rings is 1. The molecule has 3 rings (SSSR count). The number of carbonyl (C=O) groups is 1. The summed E-state index contributed by atoms with van der Waals surface area (Å²) in [7, 11) is 1.49. The summed E-state index contributed by atoms with van der Waals surface area (Å²) >= 11 is 0. The first kappa shape index (κ1) is 10.7. The van der Waals surface area contributed by atoms with E-state index in [1.807, 2.05) is 0 Å². The second-order valence-corrected chi connectivity index (χ2v) is 4.00. The van der Waals surface area contributed by atoms with Crippen LogP contribution in [0.3, 0.4) is 0 Å². The number of anilines is 1. The highest BCUT2D eigenvalue weighted by molar-refractivity contribution is 5.95. The van der Waals surface area contributed by atoms with E-state index >= 15 is 0 Å². The Labute approximate surface area is 101 Å². The number of fused-ring (bicyclic) bond motifs is 1. The second kappa shape index (κ2) is 3.52. The van der Waals surface area contributed by atoms with Crippen LogP contribution in [0, 0.1) is 5.82 Å². The number of hydrogen-bond donors (Lipinski definition) is 0. The van der Waals surface area contributed by atoms with Gasteiger partial charge in [0, 0.05) is 12.7 Å². The molecule has 0 fully saturated rings. The standard InChI is InChI=1S/C11H9FN4O2/c1-14-10(17)16-9(13-14)6-15(11(16)18)8-4-2-7(12)3-5-8/h2-5H,6H2,1H3. The van der Waals surface area contributed by atoms with Crippen LogP contribution >= 0.6 is 0 Å². The molecule has 6 nitrogen and oxygen atoms in total. The van der Waals surface area contributed by atoms with Crippen LogP contribution < -0.4 is 10.6 Å². The number of halogens is 1. The molecule has 0 bridgehead atoms. The van der Waals surface area contributed by atoms with Gasteiger partial charge in [0.05, 0.1) is 6.54 Å².